The van der Waals surface area contributed by atoms with Crippen LogP contribution in [0.2, 0.25) is 0 Å². The highest BCUT2D eigenvalue weighted by Crippen LogP contribution is 2.45. The fraction of sp³-hybridized carbons (Fsp3) is 0.769. The van der Waals surface area contributed by atoms with E-state index < -0.39 is 0 Å². The molecule has 1 aliphatic heterocycles. The molecule has 4 heteroatoms. The predicted octanol–water partition coefficient (Wildman–Crippen LogP) is 4.74. The lowest BCUT2D eigenvalue weighted by molar-refractivity contribution is 0.570. The van der Waals surface area contributed by atoms with E-state index >= 15 is 0 Å². The molecule has 2 atom stereocenters. The SMILES string of the molecule is CCC1SCCSC1c1nc(C(C)(C)C)cs1. The Balaban J connectivity index is 2.18. The molecular formula is C13H21NS3. The van der Waals surface area contributed by atoms with Crippen molar-refractivity contribution in [3.05, 3.63) is 16.1 Å². The van der Waals surface area contributed by atoms with Gasteiger partial charge >= 0.3 is 0 Å². The third kappa shape index (κ3) is 3.21. The van der Waals surface area contributed by atoms with E-state index in [0.29, 0.717) is 5.25 Å². The maximum absolute atomic E-state index is 4.89. The first-order chi connectivity index (χ1) is 8.02. The molecule has 17 heavy (non-hydrogen) atoms. The second-order valence-corrected chi connectivity index (χ2v) is 8.92. The van der Waals surface area contributed by atoms with E-state index in [1.165, 1.54) is 28.6 Å². The number of hydrogen-bond acceptors (Lipinski definition) is 4. The van der Waals surface area contributed by atoms with Crippen LogP contribution in [0.5, 0.6) is 0 Å². The molecule has 1 aromatic rings. The molecule has 2 unspecified atom stereocenters. The van der Waals surface area contributed by atoms with Crippen LogP contribution in [0.1, 0.15) is 50.1 Å². The zero-order valence-corrected chi connectivity index (χ0v) is 13.5. The fourth-order valence-corrected chi connectivity index (χ4v) is 6.38. The van der Waals surface area contributed by atoms with Gasteiger partial charge in [0.05, 0.1) is 10.9 Å². The van der Waals surface area contributed by atoms with E-state index in [1.807, 2.05) is 11.3 Å². The quantitative estimate of drug-likeness (QED) is 0.780. The number of rotatable bonds is 2. The summed E-state index contributed by atoms with van der Waals surface area (Å²) in [6.07, 6.45) is 1.26. The minimum atomic E-state index is 0.183. The summed E-state index contributed by atoms with van der Waals surface area (Å²) in [6.45, 7) is 9.03. The van der Waals surface area contributed by atoms with E-state index in [1.54, 1.807) is 0 Å². The highest BCUT2D eigenvalue weighted by atomic mass is 32.2. The summed E-state index contributed by atoms with van der Waals surface area (Å²) in [5.41, 5.74) is 1.44. The molecule has 0 aromatic carbocycles. The van der Waals surface area contributed by atoms with E-state index in [9.17, 15) is 0 Å². The van der Waals surface area contributed by atoms with Crippen LogP contribution < -0.4 is 0 Å². The molecule has 0 saturated carbocycles. The summed E-state index contributed by atoms with van der Waals surface area (Å²) in [5.74, 6) is 2.58. The molecular weight excluding hydrogens is 266 g/mol. The van der Waals surface area contributed by atoms with Gasteiger partial charge < -0.3 is 0 Å². The monoisotopic (exact) mass is 287 g/mol. The number of aromatic nitrogens is 1. The first-order valence-electron chi connectivity index (χ1n) is 6.21. The molecule has 1 aliphatic rings. The Morgan fingerprint density at radius 1 is 1.29 bits per heavy atom. The van der Waals surface area contributed by atoms with Crippen LogP contribution in [0.4, 0.5) is 0 Å². The Morgan fingerprint density at radius 3 is 2.59 bits per heavy atom. The van der Waals surface area contributed by atoms with Gasteiger partial charge in [0.25, 0.3) is 0 Å². The van der Waals surface area contributed by atoms with Gasteiger partial charge in [-0.15, -0.1) is 23.1 Å². The van der Waals surface area contributed by atoms with Crippen molar-refractivity contribution >= 4 is 34.9 Å². The molecule has 0 radical (unpaired) electrons. The van der Waals surface area contributed by atoms with Gasteiger partial charge in [-0.2, -0.15) is 11.8 Å². The Hall–Kier alpha value is 0.330. The average molecular weight is 288 g/mol. The van der Waals surface area contributed by atoms with Crippen LogP contribution in [0, 0.1) is 0 Å². The second-order valence-electron chi connectivity index (χ2n) is 5.43. The third-order valence-corrected chi connectivity index (χ3v) is 7.32. The first-order valence-corrected chi connectivity index (χ1v) is 9.19. The van der Waals surface area contributed by atoms with Gasteiger partial charge in [0.15, 0.2) is 0 Å². The summed E-state index contributed by atoms with van der Waals surface area (Å²) in [5, 5.41) is 4.98. The predicted molar refractivity (Wildman–Crippen MR) is 82.6 cm³/mol. The topological polar surface area (TPSA) is 12.9 Å². The summed E-state index contributed by atoms with van der Waals surface area (Å²) >= 11 is 6.09. The third-order valence-electron chi connectivity index (χ3n) is 2.99. The van der Waals surface area contributed by atoms with Crippen molar-refractivity contribution in [2.45, 2.75) is 50.0 Å². The van der Waals surface area contributed by atoms with Crippen molar-refractivity contribution in [2.75, 3.05) is 11.5 Å². The van der Waals surface area contributed by atoms with Gasteiger partial charge in [-0.1, -0.05) is 27.7 Å². The maximum atomic E-state index is 4.89. The standard InChI is InChI=1S/C13H21NS3/c1-5-9-11(16-7-6-15-9)12-14-10(8-17-12)13(2,3)4/h8-9,11H,5-7H2,1-4H3. The first kappa shape index (κ1) is 13.8. The van der Waals surface area contributed by atoms with Gasteiger partial charge in [0.1, 0.15) is 5.01 Å². The Bertz CT molecular complexity index is 367. The molecule has 0 amide bonds. The van der Waals surface area contributed by atoms with E-state index in [-0.39, 0.29) is 5.41 Å². The van der Waals surface area contributed by atoms with Gasteiger partial charge in [-0.25, -0.2) is 4.98 Å². The minimum absolute atomic E-state index is 0.183. The molecule has 2 heterocycles. The van der Waals surface area contributed by atoms with Crippen LogP contribution in [0.15, 0.2) is 5.38 Å². The molecule has 0 N–H and O–H groups in total. The fourth-order valence-electron chi connectivity index (χ4n) is 1.89. The van der Waals surface area contributed by atoms with E-state index in [2.05, 4.69) is 56.6 Å². The molecule has 1 nitrogen and oxygen atoms in total. The zero-order valence-electron chi connectivity index (χ0n) is 11.0. The minimum Gasteiger partial charge on any atom is -0.244 e. The van der Waals surface area contributed by atoms with E-state index in [0.717, 1.165) is 5.25 Å². The lowest BCUT2D eigenvalue weighted by Crippen LogP contribution is -2.19. The van der Waals surface area contributed by atoms with Crippen molar-refractivity contribution in [3.63, 3.8) is 0 Å². The molecule has 0 bridgehead atoms. The maximum Gasteiger partial charge on any atom is 0.107 e. The smallest absolute Gasteiger partial charge is 0.107 e. The number of thioether (sulfide) groups is 2. The van der Waals surface area contributed by atoms with Gasteiger partial charge in [-0.3, -0.25) is 0 Å². The summed E-state index contributed by atoms with van der Waals surface area (Å²) < 4.78 is 0. The Kier molecular flexibility index (Phi) is 4.48. The Labute approximate surface area is 117 Å². The molecule has 1 saturated heterocycles. The summed E-state index contributed by atoms with van der Waals surface area (Å²) in [4.78, 5) is 4.89. The molecule has 1 fully saturated rings. The van der Waals surface area contributed by atoms with Crippen molar-refractivity contribution in [3.8, 4) is 0 Å². The summed E-state index contributed by atoms with van der Waals surface area (Å²) in [6, 6.07) is 0. The molecule has 96 valence electrons. The molecule has 2 rings (SSSR count). The normalized spacial score (nSPS) is 26.1. The number of thiazole rings is 1. The highest BCUT2D eigenvalue weighted by molar-refractivity contribution is 8.06. The number of nitrogens with zero attached hydrogens (tertiary/aromatic N) is 1. The van der Waals surface area contributed by atoms with Crippen LogP contribution >= 0.6 is 34.9 Å². The number of hydrogen-bond donors (Lipinski definition) is 0. The van der Waals surface area contributed by atoms with Gasteiger partial charge in [0.2, 0.25) is 0 Å². The summed E-state index contributed by atoms with van der Waals surface area (Å²) in [7, 11) is 0. The molecule has 1 aromatic heterocycles. The van der Waals surface area contributed by atoms with Crippen molar-refractivity contribution in [1.82, 2.24) is 4.98 Å². The largest absolute Gasteiger partial charge is 0.244 e. The van der Waals surface area contributed by atoms with Crippen molar-refractivity contribution < 1.29 is 0 Å². The highest BCUT2D eigenvalue weighted by Gasteiger charge is 2.29. The van der Waals surface area contributed by atoms with Gasteiger partial charge in [-0.05, 0) is 6.42 Å². The lowest BCUT2D eigenvalue weighted by Gasteiger charge is -2.28. The second kappa shape index (κ2) is 5.54. The lowest BCUT2D eigenvalue weighted by atomic mass is 9.93. The van der Waals surface area contributed by atoms with Crippen LogP contribution in [-0.4, -0.2) is 21.7 Å². The van der Waals surface area contributed by atoms with Gasteiger partial charge in [0, 0.05) is 27.6 Å². The average Bonchev–Trinajstić information content (AvgIpc) is 2.77. The van der Waals surface area contributed by atoms with Crippen molar-refractivity contribution in [2.24, 2.45) is 0 Å². The van der Waals surface area contributed by atoms with Crippen LogP contribution in [0.3, 0.4) is 0 Å². The molecule has 0 spiro atoms. The molecule has 0 aliphatic carbocycles. The van der Waals surface area contributed by atoms with Crippen molar-refractivity contribution in [1.29, 1.82) is 0 Å². The van der Waals surface area contributed by atoms with E-state index in [4.69, 9.17) is 4.98 Å². The zero-order chi connectivity index (χ0) is 12.5. The van der Waals surface area contributed by atoms with Crippen LogP contribution in [-0.2, 0) is 5.41 Å². The Morgan fingerprint density at radius 2 is 2.00 bits per heavy atom. The van der Waals surface area contributed by atoms with Crippen LogP contribution in [0.25, 0.3) is 0 Å².